The molecular weight excluding hydrogens is 504 g/mol. The zero-order valence-corrected chi connectivity index (χ0v) is 22.8. The minimum atomic E-state index is -0.967. The van der Waals surface area contributed by atoms with Gasteiger partial charge in [-0.1, -0.05) is 66.7 Å². The van der Waals surface area contributed by atoms with Gasteiger partial charge in [0.15, 0.2) is 0 Å². The summed E-state index contributed by atoms with van der Waals surface area (Å²) in [6.07, 6.45) is 2.61. The lowest BCUT2D eigenvalue weighted by Crippen LogP contribution is -2.50. The topological polar surface area (TPSA) is 92.6 Å². The van der Waals surface area contributed by atoms with Crippen LogP contribution in [0.2, 0.25) is 0 Å². The van der Waals surface area contributed by atoms with E-state index in [2.05, 4.69) is 4.98 Å². The van der Waals surface area contributed by atoms with Gasteiger partial charge in [0, 0.05) is 35.5 Å². The Balaban J connectivity index is 1.57. The van der Waals surface area contributed by atoms with Crippen molar-refractivity contribution in [1.29, 1.82) is 0 Å². The summed E-state index contributed by atoms with van der Waals surface area (Å²) in [4.78, 5) is 45.6. The Morgan fingerprint density at radius 1 is 0.950 bits per heavy atom. The molecule has 7 heteroatoms. The molecular formula is C33H32N2O5. The number of aromatic nitrogens is 1. The van der Waals surface area contributed by atoms with Crippen molar-refractivity contribution in [3.63, 3.8) is 0 Å². The van der Waals surface area contributed by atoms with Gasteiger partial charge in [0.1, 0.15) is 22.8 Å². The normalized spacial score (nSPS) is 12.4. The van der Waals surface area contributed by atoms with Gasteiger partial charge in [0.25, 0.3) is 5.91 Å². The van der Waals surface area contributed by atoms with E-state index in [0.717, 1.165) is 22.0 Å². The van der Waals surface area contributed by atoms with Crippen LogP contribution >= 0.6 is 0 Å². The van der Waals surface area contributed by atoms with Crippen molar-refractivity contribution >= 4 is 33.7 Å². The van der Waals surface area contributed by atoms with Crippen LogP contribution in [0.3, 0.4) is 0 Å². The largest absolute Gasteiger partial charge is 0.458 e. The summed E-state index contributed by atoms with van der Waals surface area (Å²) in [6.45, 7) is 5.56. The van der Waals surface area contributed by atoms with E-state index in [0.29, 0.717) is 17.4 Å². The molecule has 0 saturated heterocycles. The summed E-state index contributed by atoms with van der Waals surface area (Å²) in [5.41, 5.74) is 1.61. The van der Waals surface area contributed by atoms with Crippen molar-refractivity contribution in [2.75, 3.05) is 6.54 Å². The number of rotatable bonds is 8. The van der Waals surface area contributed by atoms with Crippen molar-refractivity contribution in [2.45, 2.75) is 45.3 Å². The zero-order chi connectivity index (χ0) is 28.3. The molecule has 3 aromatic carbocycles. The molecule has 1 amide bonds. The van der Waals surface area contributed by atoms with E-state index in [1.54, 1.807) is 39.0 Å². The maximum absolute atomic E-state index is 14.2. The number of amides is 1. The minimum absolute atomic E-state index is 0.126. The van der Waals surface area contributed by atoms with Gasteiger partial charge in [-0.3, -0.25) is 4.79 Å². The molecule has 40 heavy (non-hydrogen) atoms. The van der Waals surface area contributed by atoms with E-state index in [1.165, 1.54) is 11.0 Å². The summed E-state index contributed by atoms with van der Waals surface area (Å²) in [6, 6.07) is 25.0. The summed E-state index contributed by atoms with van der Waals surface area (Å²) in [7, 11) is 0. The Labute approximate surface area is 232 Å². The number of ether oxygens (including phenoxy) is 1. The molecule has 0 spiro atoms. The Morgan fingerprint density at radius 3 is 2.42 bits per heavy atom. The molecule has 7 nitrogen and oxygen atoms in total. The van der Waals surface area contributed by atoms with Crippen LogP contribution in [-0.4, -0.2) is 39.9 Å². The van der Waals surface area contributed by atoms with Gasteiger partial charge in [-0.05, 0) is 56.5 Å². The molecule has 2 aromatic heterocycles. The highest BCUT2D eigenvalue weighted by Crippen LogP contribution is 2.22. The molecule has 5 aromatic rings. The highest BCUT2D eigenvalue weighted by molar-refractivity contribution is 5.99. The van der Waals surface area contributed by atoms with Gasteiger partial charge < -0.3 is 19.0 Å². The third-order valence-electron chi connectivity index (χ3n) is 6.76. The molecule has 1 N–H and O–H groups in total. The maximum atomic E-state index is 14.2. The van der Waals surface area contributed by atoms with E-state index >= 15 is 0 Å². The van der Waals surface area contributed by atoms with E-state index in [-0.39, 0.29) is 18.5 Å². The van der Waals surface area contributed by atoms with E-state index in [4.69, 9.17) is 9.15 Å². The SMILES string of the molecule is CC(C)(C)OC(=O)C(Cc1ccccc1)N(CCc1c[nH]c2ccccc12)C(=O)c1cc2ccccc2oc1=O. The average molecular weight is 537 g/mol. The molecule has 1 unspecified atom stereocenters. The van der Waals surface area contributed by atoms with E-state index < -0.39 is 29.1 Å². The molecule has 0 aliphatic carbocycles. The van der Waals surface area contributed by atoms with E-state index in [1.807, 2.05) is 66.9 Å². The van der Waals surface area contributed by atoms with E-state index in [9.17, 15) is 14.4 Å². The first-order valence-electron chi connectivity index (χ1n) is 13.4. The van der Waals surface area contributed by atoms with Crippen LogP contribution in [0.1, 0.15) is 42.3 Å². The molecule has 5 rings (SSSR count). The monoisotopic (exact) mass is 536 g/mol. The predicted molar refractivity (Wildman–Crippen MR) is 155 cm³/mol. The lowest BCUT2D eigenvalue weighted by atomic mass is 10.0. The standard InChI is InChI=1S/C33H32N2O5/c1-33(2,3)40-32(38)28(19-22-11-5-4-6-12-22)35(18-17-24-21-34-27-15-9-8-14-25(24)27)30(36)26-20-23-13-7-10-16-29(23)39-31(26)37/h4-16,20-21,28,34H,17-19H2,1-3H3. The second kappa shape index (κ2) is 11.2. The van der Waals surface area contributed by atoms with Crippen LogP contribution < -0.4 is 5.63 Å². The number of carbonyl (C=O) groups is 2. The van der Waals surface area contributed by atoms with Gasteiger partial charge in [-0.15, -0.1) is 0 Å². The minimum Gasteiger partial charge on any atom is -0.458 e. The maximum Gasteiger partial charge on any atom is 0.349 e. The Hall–Kier alpha value is -4.65. The number of para-hydroxylation sites is 2. The number of esters is 1. The zero-order valence-electron chi connectivity index (χ0n) is 22.8. The molecule has 0 aliphatic heterocycles. The number of H-pyrrole nitrogens is 1. The summed E-state index contributed by atoms with van der Waals surface area (Å²) < 4.78 is 11.3. The fraction of sp³-hybridized carbons (Fsp3) is 0.242. The highest BCUT2D eigenvalue weighted by atomic mass is 16.6. The number of nitrogens with one attached hydrogen (secondary N) is 1. The molecule has 0 bridgehead atoms. The molecule has 0 radical (unpaired) electrons. The summed E-state index contributed by atoms with van der Waals surface area (Å²) in [5, 5.41) is 1.66. The van der Waals surface area contributed by atoms with Gasteiger partial charge in [0.2, 0.25) is 0 Å². The summed E-state index contributed by atoms with van der Waals surface area (Å²) in [5.74, 6) is -1.11. The number of fused-ring (bicyclic) bond motifs is 2. The quantitative estimate of drug-likeness (QED) is 0.197. The number of benzene rings is 3. The van der Waals surface area contributed by atoms with Crippen LogP contribution in [0, 0.1) is 0 Å². The first-order chi connectivity index (χ1) is 19.2. The lowest BCUT2D eigenvalue weighted by Gasteiger charge is -2.32. The highest BCUT2D eigenvalue weighted by Gasteiger charge is 2.35. The average Bonchev–Trinajstić information content (AvgIpc) is 3.34. The summed E-state index contributed by atoms with van der Waals surface area (Å²) >= 11 is 0. The third-order valence-corrected chi connectivity index (χ3v) is 6.76. The first kappa shape index (κ1) is 26.9. The predicted octanol–water partition coefficient (Wildman–Crippen LogP) is 5.91. The number of carbonyl (C=O) groups excluding carboxylic acids is 2. The van der Waals surface area contributed by atoms with Crippen LogP contribution in [0.4, 0.5) is 0 Å². The second-order valence-corrected chi connectivity index (χ2v) is 10.8. The van der Waals surface area contributed by atoms with Gasteiger partial charge in [-0.25, -0.2) is 9.59 Å². The molecule has 0 saturated carbocycles. The lowest BCUT2D eigenvalue weighted by molar-refractivity contribution is -0.160. The van der Waals surface area contributed by atoms with Crippen molar-refractivity contribution in [3.05, 3.63) is 118 Å². The number of nitrogens with zero attached hydrogens (tertiary/aromatic N) is 1. The molecule has 0 aliphatic rings. The molecule has 2 heterocycles. The van der Waals surface area contributed by atoms with Crippen molar-refractivity contribution < 1.29 is 18.7 Å². The third kappa shape index (κ3) is 5.99. The number of aromatic amines is 1. The van der Waals surface area contributed by atoms with Crippen LogP contribution in [0.15, 0.2) is 100 Å². The molecule has 1 atom stereocenters. The fourth-order valence-electron chi connectivity index (χ4n) is 4.87. The Bertz CT molecular complexity index is 1710. The second-order valence-electron chi connectivity index (χ2n) is 10.8. The van der Waals surface area contributed by atoms with Crippen molar-refractivity contribution in [2.24, 2.45) is 0 Å². The smallest absolute Gasteiger partial charge is 0.349 e. The van der Waals surface area contributed by atoms with Gasteiger partial charge in [-0.2, -0.15) is 0 Å². The van der Waals surface area contributed by atoms with Gasteiger partial charge >= 0.3 is 11.6 Å². The Morgan fingerprint density at radius 2 is 1.65 bits per heavy atom. The number of hydrogen-bond acceptors (Lipinski definition) is 5. The van der Waals surface area contributed by atoms with Crippen molar-refractivity contribution in [3.8, 4) is 0 Å². The van der Waals surface area contributed by atoms with Crippen LogP contribution in [0.25, 0.3) is 21.9 Å². The van der Waals surface area contributed by atoms with Crippen molar-refractivity contribution in [1.82, 2.24) is 9.88 Å². The molecule has 0 fully saturated rings. The number of hydrogen-bond donors (Lipinski definition) is 1. The van der Waals surface area contributed by atoms with Crippen LogP contribution in [-0.2, 0) is 22.4 Å². The molecule has 204 valence electrons. The Kier molecular flexibility index (Phi) is 7.56. The van der Waals surface area contributed by atoms with Gasteiger partial charge in [0.05, 0.1) is 0 Å². The first-order valence-corrected chi connectivity index (χ1v) is 13.4. The fourth-order valence-corrected chi connectivity index (χ4v) is 4.87. The van der Waals surface area contributed by atoms with Crippen LogP contribution in [0.5, 0.6) is 0 Å².